The van der Waals surface area contributed by atoms with Crippen molar-refractivity contribution in [2.75, 3.05) is 6.61 Å². The summed E-state index contributed by atoms with van der Waals surface area (Å²) in [5, 5.41) is 4.46. The normalized spacial score (nSPS) is 13.1. The monoisotopic (exact) mass is 260 g/mol. The van der Waals surface area contributed by atoms with Crippen molar-refractivity contribution in [1.29, 1.82) is 0 Å². The molecule has 0 amide bonds. The summed E-state index contributed by atoms with van der Waals surface area (Å²) >= 11 is 3.48. The topological polar surface area (TPSA) is 27.1 Å². The molecule has 0 radical (unpaired) electrons. The molecule has 0 saturated heterocycles. The van der Waals surface area contributed by atoms with Crippen LogP contribution in [0.5, 0.6) is 0 Å². The third-order valence-electron chi connectivity index (χ3n) is 2.24. The van der Waals surface area contributed by atoms with Crippen LogP contribution in [-0.2, 0) is 11.3 Å². The van der Waals surface area contributed by atoms with Crippen molar-refractivity contribution in [2.45, 2.75) is 39.8 Å². The summed E-state index contributed by atoms with van der Waals surface area (Å²) in [5.74, 6) is 0. The quantitative estimate of drug-likeness (QED) is 0.814. The van der Waals surface area contributed by atoms with Gasteiger partial charge in [-0.25, -0.2) is 0 Å². The first-order valence-electron chi connectivity index (χ1n) is 5.00. The van der Waals surface area contributed by atoms with Gasteiger partial charge in [-0.2, -0.15) is 5.10 Å². The molecule has 80 valence electrons. The maximum Gasteiger partial charge on any atom is 0.102 e. The molecule has 0 N–H and O–H groups in total. The molecular weight excluding hydrogens is 244 g/mol. The van der Waals surface area contributed by atoms with Crippen LogP contribution in [0.25, 0.3) is 0 Å². The molecule has 0 aliphatic carbocycles. The number of nitrogens with zero attached hydrogens (tertiary/aromatic N) is 2. The van der Waals surface area contributed by atoms with E-state index in [4.69, 9.17) is 4.74 Å². The minimum Gasteiger partial charge on any atom is -0.375 e. The Morgan fingerprint density at radius 3 is 2.86 bits per heavy atom. The first-order chi connectivity index (χ1) is 6.69. The van der Waals surface area contributed by atoms with Crippen molar-refractivity contribution < 1.29 is 4.74 Å². The van der Waals surface area contributed by atoms with Crippen LogP contribution >= 0.6 is 15.9 Å². The Kier molecular flexibility index (Phi) is 4.62. The van der Waals surface area contributed by atoms with E-state index in [1.165, 1.54) is 0 Å². The zero-order valence-corrected chi connectivity index (χ0v) is 10.5. The Balaban J connectivity index is 2.71. The Hall–Kier alpha value is -0.350. The van der Waals surface area contributed by atoms with Crippen molar-refractivity contribution in [3.63, 3.8) is 0 Å². The van der Waals surface area contributed by atoms with Gasteiger partial charge < -0.3 is 4.74 Å². The summed E-state index contributed by atoms with van der Waals surface area (Å²) in [6, 6.07) is 0.446. The molecule has 1 aromatic heterocycles. The largest absolute Gasteiger partial charge is 0.375 e. The number of rotatable bonds is 5. The van der Waals surface area contributed by atoms with E-state index in [1.54, 1.807) is 0 Å². The molecule has 3 nitrogen and oxygen atoms in total. The van der Waals surface area contributed by atoms with Crippen LogP contribution in [0, 0.1) is 0 Å². The second-order valence-corrected chi connectivity index (χ2v) is 4.15. The van der Waals surface area contributed by atoms with Gasteiger partial charge >= 0.3 is 0 Å². The molecule has 1 atom stereocenters. The van der Waals surface area contributed by atoms with Gasteiger partial charge in [0.25, 0.3) is 0 Å². The zero-order valence-electron chi connectivity index (χ0n) is 8.96. The molecule has 0 aromatic carbocycles. The van der Waals surface area contributed by atoms with Gasteiger partial charge in [0.1, 0.15) is 5.69 Å². The zero-order chi connectivity index (χ0) is 10.6. The second-order valence-electron chi connectivity index (χ2n) is 3.30. The van der Waals surface area contributed by atoms with Gasteiger partial charge in [0.05, 0.1) is 11.1 Å². The standard InChI is InChI=1S/C10H17BrN2O/c1-4-8(3)13-6-9(11)10(12-13)7-14-5-2/h6,8H,4-5,7H2,1-3H3/t8-/m1/s1. The van der Waals surface area contributed by atoms with Crippen molar-refractivity contribution in [3.05, 3.63) is 16.4 Å². The van der Waals surface area contributed by atoms with Gasteiger partial charge in [-0.05, 0) is 36.2 Å². The predicted molar refractivity (Wildman–Crippen MR) is 60.3 cm³/mol. The van der Waals surface area contributed by atoms with Gasteiger partial charge in [0.15, 0.2) is 0 Å². The van der Waals surface area contributed by atoms with Gasteiger partial charge in [0, 0.05) is 18.8 Å². The molecule has 0 fully saturated rings. The Labute approximate surface area is 93.6 Å². The van der Waals surface area contributed by atoms with Crippen molar-refractivity contribution in [1.82, 2.24) is 9.78 Å². The lowest BCUT2D eigenvalue weighted by Gasteiger charge is -2.07. The van der Waals surface area contributed by atoms with Crippen molar-refractivity contribution in [3.8, 4) is 0 Å². The smallest absolute Gasteiger partial charge is 0.102 e. The van der Waals surface area contributed by atoms with E-state index >= 15 is 0 Å². The SMILES string of the molecule is CCOCc1nn([C@H](C)CC)cc1Br. The van der Waals surface area contributed by atoms with Crippen molar-refractivity contribution in [2.24, 2.45) is 0 Å². The van der Waals surface area contributed by atoms with Crippen LogP contribution in [0.15, 0.2) is 10.7 Å². The van der Waals surface area contributed by atoms with Gasteiger partial charge in [0.2, 0.25) is 0 Å². The fraction of sp³-hybridized carbons (Fsp3) is 0.700. The minimum atomic E-state index is 0.446. The van der Waals surface area contributed by atoms with Crippen LogP contribution in [0.1, 0.15) is 38.9 Å². The van der Waals surface area contributed by atoms with E-state index in [9.17, 15) is 0 Å². The molecule has 1 aromatic rings. The number of ether oxygens (including phenoxy) is 1. The summed E-state index contributed by atoms with van der Waals surface area (Å²) in [5.41, 5.74) is 0.979. The van der Waals surface area contributed by atoms with Crippen LogP contribution in [0.3, 0.4) is 0 Å². The minimum absolute atomic E-state index is 0.446. The molecule has 0 saturated carbocycles. The third-order valence-corrected chi connectivity index (χ3v) is 2.91. The maximum atomic E-state index is 5.32. The molecule has 0 unspecified atom stereocenters. The molecule has 0 spiro atoms. The molecule has 0 aliphatic heterocycles. The van der Waals surface area contributed by atoms with Gasteiger partial charge in [-0.15, -0.1) is 0 Å². The molecule has 1 rings (SSSR count). The molecule has 0 aliphatic rings. The highest BCUT2D eigenvalue weighted by Gasteiger charge is 2.09. The van der Waals surface area contributed by atoms with Gasteiger partial charge in [-0.3, -0.25) is 4.68 Å². The molecular formula is C10H17BrN2O. The first kappa shape index (κ1) is 11.7. The Morgan fingerprint density at radius 1 is 1.57 bits per heavy atom. The van der Waals surface area contributed by atoms with E-state index in [0.717, 1.165) is 23.2 Å². The lowest BCUT2D eigenvalue weighted by atomic mass is 10.3. The molecule has 4 heteroatoms. The fourth-order valence-electron chi connectivity index (χ4n) is 1.12. The highest BCUT2D eigenvalue weighted by Crippen LogP contribution is 2.19. The predicted octanol–water partition coefficient (Wildman–Crippen LogP) is 3.15. The van der Waals surface area contributed by atoms with Crippen LogP contribution in [-0.4, -0.2) is 16.4 Å². The summed E-state index contributed by atoms with van der Waals surface area (Å²) < 4.78 is 8.34. The Morgan fingerprint density at radius 2 is 2.29 bits per heavy atom. The lowest BCUT2D eigenvalue weighted by molar-refractivity contribution is 0.130. The lowest BCUT2D eigenvalue weighted by Crippen LogP contribution is -2.05. The van der Waals surface area contributed by atoms with Crippen LogP contribution < -0.4 is 0 Å². The number of aromatic nitrogens is 2. The van der Waals surface area contributed by atoms with Gasteiger partial charge in [-0.1, -0.05) is 6.92 Å². The molecule has 1 heterocycles. The third kappa shape index (κ3) is 2.82. The summed E-state index contributed by atoms with van der Waals surface area (Å²) in [7, 11) is 0. The van der Waals surface area contributed by atoms with E-state index in [1.807, 2.05) is 17.8 Å². The van der Waals surface area contributed by atoms with Crippen molar-refractivity contribution >= 4 is 15.9 Å². The number of hydrogen-bond acceptors (Lipinski definition) is 2. The van der Waals surface area contributed by atoms with E-state index in [2.05, 4.69) is 34.9 Å². The molecule has 14 heavy (non-hydrogen) atoms. The summed E-state index contributed by atoms with van der Waals surface area (Å²) in [6.45, 7) is 7.61. The van der Waals surface area contributed by atoms with E-state index < -0.39 is 0 Å². The summed E-state index contributed by atoms with van der Waals surface area (Å²) in [6.07, 6.45) is 3.10. The average Bonchev–Trinajstić information content (AvgIpc) is 2.56. The highest BCUT2D eigenvalue weighted by molar-refractivity contribution is 9.10. The summed E-state index contributed by atoms with van der Waals surface area (Å²) in [4.78, 5) is 0. The maximum absolute atomic E-state index is 5.32. The highest BCUT2D eigenvalue weighted by atomic mass is 79.9. The van der Waals surface area contributed by atoms with Crippen LogP contribution in [0.2, 0.25) is 0 Å². The number of halogens is 1. The average molecular weight is 261 g/mol. The van der Waals surface area contributed by atoms with Crippen LogP contribution in [0.4, 0.5) is 0 Å². The van der Waals surface area contributed by atoms with E-state index in [0.29, 0.717) is 12.6 Å². The van der Waals surface area contributed by atoms with E-state index in [-0.39, 0.29) is 0 Å². The fourth-order valence-corrected chi connectivity index (χ4v) is 1.52. The molecule has 0 bridgehead atoms. The second kappa shape index (κ2) is 5.51. The Bertz CT molecular complexity index is 286. The number of hydrogen-bond donors (Lipinski definition) is 0. The first-order valence-corrected chi connectivity index (χ1v) is 5.79.